The number of nitrogens with zero attached hydrogens (tertiary/aromatic N) is 1. The molecule has 0 amide bonds. The molecule has 0 aromatic carbocycles. The second kappa shape index (κ2) is 5.11. The van der Waals surface area contributed by atoms with E-state index < -0.39 is 0 Å². The van der Waals surface area contributed by atoms with Gasteiger partial charge in [0.1, 0.15) is 4.60 Å². The van der Waals surface area contributed by atoms with Crippen LogP contribution in [0.4, 0.5) is 0 Å². The molecule has 0 bridgehead atoms. The van der Waals surface area contributed by atoms with Crippen molar-refractivity contribution in [3.05, 3.63) is 21.9 Å². The highest BCUT2D eigenvalue weighted by molar-refractivity contribution is 9.10. The van der Waals surface area contributed by atoms with Crippen LogP contribution in [0.25, 0.3) is 0 Å². The fourth-order valence-electron chi connectivity index (χ4n) is 0.725. The summed E-state index contributed by atoms with van der Waals surface area (Å²) in [6.07, 6.45) is 7.19. The Labute approximate surface area is 90.4 Å². The average molecular weight is 261 g/mol. The topological polar surface area (TPSA) is 22.1 Å². The van der Waals surface area contributed by atoms with Crippen LogP contribution in [0.2, 0.25) is 5.02 Å². The lowest BCUT2D eigenvalue weighted by Crippen LogP contribution is -1.97. The Morgan fingerprint density at radius 1 is 1.69 bits per heavy atom. The van der Waals surface area contributed by atoms with Gasteiger partial charge < -0.3 is 4.74 Å². The fourth-order valence-corrected chi connectivity index (χ4v) is 1.20. The molecular formula is C9H7BrClNO. The Morgan fingerprint density at radius 3 is 3.15 bits per heavy atom. The normalized spacial score (nSPS) is 9.31. The van der Waals surface area contributed by atoms with Gasteiger partial charge >= 0.3 is 0 Å². The molecular weight excluding hydrogens is 253 g/mol. The summed E-state index contributed by atoms with van der Waals surface area (Å²) in [5, 5.41) is 0.541. The van der Waals surface area contributed by atoms with Crippen molar-refractivity contribution in [3.63, 3.8) is 0 Å². The quantitative estimate of drug-likeness (QED) is 0.474. The number of ether oxygens (including phenoxy) is 1. The number of aromatic nitrogens is 1. The Kier molecular flexibility index (Phi) is 4.07. The molecule has 2 nitrogen and oxygen atoms in total. The maximum absolute atomic E-state index is 5.73. The lowest BCUT2D eigenvalue weighted by Gasteiger charge is -2.05. The van der Waals surface area contributed by atoms with Gasteiger partial charge in [-0.05, 0) is 15.9 Å². The molecule has 13 heavy (non-hydrogen) atoms. The van der Waals surface area contributed by atoms with Crippen molar-refractivity contribution in [3.8, 4) is 18.1 Å². The van der Waals surface area contributed by atoms with E-state index in [-0.39, 0.29) is 0 Å². The van der Waals surface area contributed by atoms with Crippen LogP contribution < -0.4 is 4.74 Å². The second-order valence-electron chi connectivity index (χ2n) is 2.25. The molecule has 68 valence electrons. The Balaban J connectivity index is 2.65. The first kappa shape index (κ1) is 10.4. The van der Waals surface area contributed by atoms with Crippen molar-refractivity contribution in [1.29, 1.82) is 0 Å². The fraction of sp³-hybridized carbons (Fsp3) is 0.222. The van der Waals surface area contributed by atoms with Gasteiger partial charge in [0.05, 0.1) is 11.6 Å². The number of pyridine rings is 1. The highest BCUT2D eigenvalue weighted by Gasteiger charge is 2.02. The summed E-state index contributed by atoms with van der Waals surface area (Å²) in [6, 6.07) is 1.69. The first-order valence-corrected chi connectivity index (χ1v) is 4.78. The maximum Gasteiger partial charge on any atom is 0.153 e. The molecule has 0 radical (unpaired) electrons. The lowest BCUT2D eigenvalue weighted by atomic mass is 10.4. The third-order valence-corrected chi connectivity index (χ3v) is 2.08. The molecule has 1 rings (SSSR count). The summed E-state index contributed by atoms with van der Waals surface area (Å²) in [7, 11) is 0. The molecule has 0 aliphatic rings. The zero-order chi connectivity index (χ0) is 9.68. The van der Waals surface area contributed by atoms with Crippen LogP contribution in [0.5, 0.6) is 5.75 Å². The molecule has 0 spiro atoms. The molecule has 0 fully saturated rings. The monoisotopic (exact) mass is 259 g/mol. The van der Waals surface area contributed by atoms with Crippen LogP contribution in [-0.4, -0.2) is 11.6 Å². The zero-order valence-electron chi connectivity index (χ0n) is 6.76. The largest absolute Gasteiger partial charge is 0.490 e. The van der Waals surface area contributed by atoms with E-state index in [0.29, 0.717) is 28.4 Å². The molecule has 4 heteroatoms. The van der Waals surface area contributed by atoms with E-state index in [2.05, 4.69) is 26.8 Å². The van der Waals surface area contributed by atoms with Gasteiger partial charge in [-0.2, -0.15) is 0 Å². The standard InChI is InChI=1S/C9H7BrClNO/c1-2-3-4-13-8-5-7(11)6-12-9(8)10/h1,5-6H,3-4H2. The Bertz CT molecular complexity index is 335. The first-order valence-electron chi connectivity index (χ1n) is 3.61. The number of hydrogen-bond donors (Lipinski definition) is 0. The van der Waals surface area contributed by atoms with Crippen LogP contribution in [0, 0.1) is 12.3 Å². The molecule has 0 aliphatic heterocycles. The summed E-state index contributed by atoms with van der Waals surface area (Å²) >= 11 is 8.96. The smallest absolute Gasteiger partial charge is 0.153 e. The third kappa shape index (κ3) is 3.25. The SMILES string of the molecule is C#CCCOc1cc(Cl)cnc1Br. The van der Waals surface area contributed by atoms with Crippen LogP contribution >= 0.6 is 27.5 Å². The molecule has 0 saturated carbocycles. The zero-order valence-corrected chi connectivity index (χ0v) is 9.10. The Hall–Kier alpha value is -0.720. The molecule has 0 saturated heterocycles. The predicted octanol–water partition coefficient (Wildman–Crippen LogP) is 2.90. The Morgan fingerprint density at radius 2 is 2.46 bits per heavy atom. The molecule has 0 unspecified atom stereocenters. The van der Waals surface area contributed by atoms with E-state index in [1.807, 2.05) is 0 Å². The van der Waals surface area contributed by atoms with Crippen molar-refractivity contribution in [2.24, 2.45) is 0 Å². The van der Waals surface area contributed by atoms with E-state index in [4.69, 9.17) is 22.8 Å². The van der Waals surface area contributed by atoms with Gasteiger partial charge in [-0.1, -0.05) is 11.6 Å². The molecule has 1 heterocycles. The molecule has 1 aromatic rings. The van der Waals surface area contributed by atoms with Crippen molar-refractivity contribution in [2.45, 2.75) is 6.42 Å². The van der Waals surface area contributed by atoms with E-state index in [9.17, 15) is 0 Å². The van der Waals surface area contributed by atoms with E-state index in [1.54, 1.807) is 12.3 Å². The van der Waals surface area contributed by atoms with E-state index >= 15 is 0 Å². The molecule has 0 N–H and O–H groups in total. The van der Waals surface area contributed by atoms with Crippen molar-refractivity contribution >= 4 is 27.5 Å². The number of terminal acetylenes is 1. The van der Waals surface area contributed by atoms with Gasteiger partial charge in [-0.3, -0.25) is 0 Å². The van der Waals surface area contributed by atoms with Gasteiger partial charge in [-0.25, -0.2) is 4.98 Å². The van der Waals surface area contributed by atoms with Gasteiger partial charge in [0, 0.05) is 18.7 Å². The highest BCUT2D eigenvalue weighted by atomic mass is 79.9. The third-order valence-electron chi connectivity index (χ3n) is 1.28. The van der Waals surface area contributed by atoms with Gasteiger partial charge in [0.2, 0.25) is 0 Å². The van der Waals surface area contributed by atoms with Crippen LogP contribution in [-0.2, 0) is 0 Å². The van der Waals surface area contributed by atoms with E-state index in [1.165, 1.54) is 0 Å². The summed E-state index contributed by atoms with van der Waals surface area (Å²) in [5.74, 6) is 3.09. The van der Waals surface area contributed by atoms with Crippen molar-refractivity contribution in [1.82, 2.24) is 4.98 Å². The predicted molar refractivity (Wildman–Crippen MR) is 55.9 cm³/mol. The summed E-state index contributed by atoms with van der Waals surface area (Å²) in [5.41, 5.74) is 0. The maximum atomic E-state index is 5.73. The summed E-state index contributed by atoms with van der Waals surface area (Å²) in [4.78, 5) is 3.97. The summed E-state index contributed by atoms with van der Waals surface area (Å²) < 4.78 is 5.95. The summed E-state index contributed by atoms with van der Waals surface area (Å²) in [6.45, 7) is 0.469. The van der Waals surface area contributed by atoms with Crippen LogP contribution in [0.3, 0.4) is 0 Å². The van der Waals surface area contributed by atoms with Crippen LogP contribution in [0.1, 0.15) is 6.42 Å². The van der Waals surface area contributed by atoms with Crippen molar-refractivity contribution in [2.75, 3.05) is 6.61 Å². The van der Waals surface area contributed by atoms with Gasteiger partial charge in [-0.15, -0.1) is 12.3 Å². The first-order chi connectivity index (χ1) is 6.24. The minimum absolute atomic E-state index is 0.469. The second-order valence-corrected chi connectivity index (χ2v) is 3.43. The van der Waals surface area contributed by atoms with Crippen molar-refractivity contribution < 1.29 is 4.74 Å². The number of halogens is 2. The molecule has 1 aromatic heterocycles. The minimum atomic E-state index is 0.469. The number of rotatable bonds is 3. The van der Waals surface area contributed by atoms with E-state index in [0.717, 1.165) is 0 Å². The highest BCUT2D eigenvalue weighted by Crippen LogP contribution is 2.25. The van der Waals surface area contributed by atoms with Gasteiger partial charge in [0.25, 0.3) is 0 Å². The minimum Gasteiger partial charge on any atom is -0.490 e. The number of hydrogen-bond acceptors (Lipinski definition) is 2. The molecule has 0 aliphatic carbocycles. The lowest BCUT2D eigenvalue weighted by molar-refractivity contribution is 0.323. The van der Waals surface area contributed by atoms with Gasteiger partial charge in [0.15, 0.2) is 5.75 Å². The molecule has 0 atom stereocenters. The average Bonchev–Trinajstić information content (AvgIpc) is 2.11. The van der Waals surface area contributed by atoms with Crippen LogP contribution in [0.15, 0.2) is 16.9 Å².